The van der Waals surface area contributed by atoms with E-state index < -0.39 is 5.82 Å². The number of hydrogen-bond donors (Lipinski definition) is 0. The summed E-state index contributed by atoms with van der Waals surface area (Å²) in [5, 5.41) is 0. The summed E-state index contributed by atoms with van der Waals surface area (Å²) in [5.74, 6) is 1.15. The van der Waals surface area contributed by atoms with Crippen molar-refractivity contribution < 1.29 is 9.18 Å². The second kappa shape index (κ2) is 5.40. The first-order valence-corrected chi connectivity index (χ1v) is 7.38. The molecule has 1 aromatic rings. The summed E-state index contributed by atoms with van der Waals surface area (Å²) in [6, 6.07) is 4.76. The van der Waals surface area contributed by atoms with Gasteiger partial charge in [-0.1, -0.05) is 6.07 Å². The lowest BCUT2D eigenvalue weighted by molar-refractivity contribution is 0.0710. The van der Waals surface area contributed by atoms with Crippen molar-refractivity contribution in [3.05, 3.63) is 34.1 Å². The maximum Gasteiger partial charge on any atom is 0.258 e. The number of benzene rings is 1. The summed E-state index contributed by atoms with van der Waals surface area (Å²) in [6.07, 6.45) is 0. The third-order valence-electron chi connectivity index (χ3n) is 2.81. The van der Waals surface area contributed by atoms with Gasteiger partial charge in [-0.25, -0.2) is 4.39 Å². The van der Waals surface area contributed by atoms with Crippen LogP contribution in [-0.4, -0.2) is 34.9 Å². The fraction of sp³-hybridized carbons (Fsp3) is 0.417. The van der Waals surface area contributed by atoms with Crippen molar-refractivity contribution in [3.8, 4) is 0 Å². The Morgan fingerprint density at radius 1 is 1.59 bits per heavy atom. The first-order valence-electron chi connectivity index (χ1n) is 5.44. The molecule has 0 radical (unpaired) electrons. The molecule has 1 fully saturated rings. The van der Waals surface area contributed by atoms with Gasteiger partial charge in [0.1, 0.15) is 5.82 Å². The Kier molecular flexibility index (Phi) is 4.09. The zero-order valence-electron chi connectivity index (χ0n) is 9.45. The van der Waals surface area contributed by atoms with Crippen LogP contribution in [0.3, 0.4) is 0 Å². The molecule has 1 amide bonds. The molecule has 1 aliphatic rings. The third kappa shape index (κ3) is 2.65. The molecule has 0 aliphatic carbocycles. The molecule has 17 heavy (non-hydrogen) atoms. The average Bonchev–Trinajstić information content (AvgIpc) is 2.29. The highest BCUT2D eigenvalue weighted by Gasteiger charge is 2.27. The van der Waals surface area contributed by atoms with Crippen molar-refractivity contribution in [3.63, 3.8) is 0 Å². The van der Waals surface area contributed by atoms with Crippen LogP contribution in [0.25, 0.3) is 0 Å². The van der Waals surface area contributed by atoms with E-state index in [9.17, 15) is 9.18 Å². The van der Waals surface area contributed by atoms with Crippen LogP contribution < -0.4 is 0 Å². The molecule has 2 nitrogen and oxygen atoms in total. The summed E-state index contributed by atoms with van der Waals surface area (Å²) in [4.78, 5) is 14.0. The molecular formula is C12H13BrFNOS. The number of halogens is 2. The molecule has 5 heteroatoms. The summed E-state index contributed by atoms with van der Waals surface area (Å²) >= 11 is 5.07. The van der Waals surface area contributed by atoms with Crippen LogP contribution in [0.4, 0.5) is 4.39 Å². The molecule has 1 heterocycles. The number of nitrogens with zero attached hydrogens (tertiary/aromatic N) is 1. The first kappa shape index (κ1) is 12.9. The van der Waals surface area contributed by atoms with Gasteiger partial charge in [0, 0.05) is 28.6 Å². The van der Waals surface area contributed by atoms with E-state index in [-0.39, 0.29) is 17.5 Å². The van der Waals surface area contributed by atoms with Crippen molar-refractivity contribution in [1.29, 1.82) is 0 Å². The molecule has 1 aromatic carbocycles. The van der Waals surface area contributed by atoms with E-state index in [0.29, 0.717) is 11.0 Å². The summed E-state index contributed by atoms with van der Waals surface area (Å²) in [7, 11) is 0. The Bertz CT molecular complexity index is 420. The van der Waals surface area contributed by atoms with E-state index >= 15 is 0 Å². The molecule has 1 unspecified atom stereocenters. The normalized spacial score (nSPS) is 20.4. The van der Waals surface area contributed by atoms with Crippen LogP contribution in [0.2, 0.25) is 0 Å². The molecule has 92 valence electrons. The number of rotatable bonds is 1. The minimum atomic E-state index is -0.463. The number of hydrogen-bond acceptors (Lipinski definition) is 2. The standard InChI is InChI=1S/C12H13BrFNOS/c1-8-7-17-6-5-15(8)12(16)11-9(13)3-2-4-10(11)14/h2-4,8H,5-7H2,1H3. The highest BCUT2D eigenvalue weighted by Crippen LogP contribution is 2.24. The van der Waals surface area contributed by atoms with Crippen molar-refractivity contribution in [2.24, 2.45) is 0 Å². The van der Waals surface area contributed by atoms with E-state index in [0.717, 1.165) is 11.5 Å². The topological polar surface area (TPSA) is 20.3 Å². The predicted molar refractivity (Wildman–Crippen MR) is 71.9 cm³/mol. The molecule has 0 N–H and O–H groups in total. The quantitative estimate of drug-likeness (QED) is 0.793. The van der Waals surface area contributed by atoms with Crippen LogP contribution in [0.1, 0.15) is 17.3 Å². The highest BCUT2D eigenvalue weighted by atomic mass is 79.9. The van der Waals surface area contributed by atoms with Crippen molar-refractivity contribution in [2.75, 3.05) is 18.1 Å². The first-order chi connectivity index (χ1) is 8.11. The molecule has 0 saturated carbocycles. The van der Waals surface area contributed by atoms with Gasteiger partial charge in [-0.05, 0) is 35.0 Å². The summed E-state index contributed by atoms with van der Waals surface area (Å²) in [6.45, 7) is 2.68. The van der Waals surface area contributed by atoms with Crippen molar-refractivity contribution in [1.82, 2.24) is 4.90 Å². The van der Waals surface area contributed by atoms with Gasteiger partial charge in [0.25, 0.3) is 5.91 Å². The lowest BCUT2D eigenvalue weighted by atomic mass is 10.1. The second-order valence-electron chi connectivity index (χ2n) is 4.02. The predicted octanol–water partition coefficient (Wildman–Crippen LogP) is 3.17. The minimum absolute atomic E-state index is 0.145. The maximum atomic E-state index is 13.7. The second-order valence-corrected chi connectivity index (χ2v) is 6.02. The van der Waals surface area contributed by atoms with Gasteiger partial charge < -0.3 is 4.90 Å². The van der Waals surface area contributed by atoms with Gasteiger partial charge in [0.2, 0.25) is 0 Å². The van der Waals surface area contributed by atoms with Crippen LogP contribution in [0.15, 0.2) is 22.7 Å². The molecule has 1 aliphatic heterocycles. The molecule has 1 atom stereocenters. The van der Waals surface area contributed by atoms with E-state index in [4.69, 9.17) is 0 Å². The van der Waals surface area contributed by atoms with Crippen molar-refractivity contribution in [2.45, 2.75) is 13.0 Å². The maximum absolute atomic E-state index is 13.7. The Balaban J connectivity index is 2.30. The van der Waals surface area contributed by atoms with E-state index in [1.165, 1.54) is 6.07 Å². The number of amides is 1. The van der Waals surface area contributed by atoms with Crippen molar-refractivity contribution >= 4 is 33.6 Å². The smallest absolute Gasteiger partial charge is 0.258 e. The minimum Gasteiger partial charge on any atom is -0.334 e. The van der Waals surface area contributed by atoms with Gasteiger partial charge in [-0.3, -0.25) is 4.79 Å². The molecule has 0 spiro atoms. The van der Waals surface area contributed by atoms with Crippen LogP contribution >= 0.6 is 27.7 Å². The fourth-order valence-electron chi connectivity index (χ4n) is 1.87. The molecule has 0 bridgehead atoms. The monoisotopic (exact) mass is 317 g/mol. The highest BCUT2D eigenvalue weighted by molar-refractivity contribution is 9.10. The van der Waals surface area contributed by atoms with Gasteiger partial charge in [-0.2, -0.15) is 11.8 Å². The SMILES string of the molecule is CC1CSCCN1C(=O)c1c(F)cccc1Br. The Hall–Kier alpha value is -0.550. The van der Waals surface area contributed by atoms with Crippen LogP contribution in [0, 0.1) is 5.82 Å². The van der Waals surface area contributed by atoms with Gasteiger partial charge in [0.15, 0.2) is 0 Å². The lowest BCUT2D eigenvalue weighted by Gasteiger charge is -2.33. The van der Waals surface area contributed by atoms with E-state index in [1.807, 2.05) is 18.7 Å². The zero-order valence-corrected chi connectivity index (χ0v) is 11.9. The average molecular weight is 318 g/mol. The molecule has 1 saturated heterocycles. The Labute approximate surface area is 113 Å². The van der Waals surface area contributed by atoms with Crippen LogP contribution in [-0.2, 0) is 0 Å². The number of thioether (sulfide) groups is 1. The number of carbonyl (C=O) groups excluding carboxylic acids is 1. The summed E-state index contributed by atoms with van der Waals surface area (Å²) in [5.41, 5.74) is 0.145. The van der Waals surface area contributed by atoms with E-state index in [1.54, 1.807) is 17.0 Å². The third-order valence-corrected chi connectivity index (χ3v) is 4.66. The summed E-state index contributed by atoms with van der Waals surface area (Å²) < 4.78 is 14.2. The zero-order chi connectivity index (χ0) is 12.4. The lowest BCUT2D eigenvalue weighted by Crippen LogP contribution is -2.44. The van der Waals surface area contributed by atoms with Gasteiger partial charge in [-0.15, -0.1) is 0 Å². The number of carbonyl (C=O) groups is 1. The van der Waals surface area contributed by atoms with Gasteiger partial charge >= 0.3 is 0 Å². The van der Waals surface area contributed by atoms with E-state index in [2.05, 4.69) is 15.9 Å². The molecular weight excluding hydrogens is 305 g/mol. The van der Waals surface area contributed by atoms with Crippen LogP contribution in [0.5, 0.6) is 0 Å². The van der Waals surface area contributed by atoms with Gasteiger partial charge in [0.05, 0.1) is 5.56 Å². The molecule has 2 rings (SSSR count). The largest absolute Gasteiger partial charge is 0.334 e. The fourth-order valence-corrected chi connectivity index (χ4v) is 3.40. The molecule has 0 aromatic heterocycles. The Morgan fingerprint density at radius 3 is 3.00 bits per heavy atom. The Morgan fingerprint density at radius 2 is 2.35 bits per heavy atom.